The number of nitrogens with zero attached hydrogens (tertiary/aromatic N) is 3. The van der Waals surface area contributed by atoms with Crippen LogP contribution in [0.5, 0.6) is 5.75 Å². The fourth-order valence-electron chi connectivity index (χ4n) is 4.04. The third kappa shape index (κ3) is 4.60. The van der Waals surface area contributed by atoms with Crippen LogP contribution in [0.1, 0.15) is 61.3 Å². The molecule has 176 valence electrons. The van der Waals surface area contributed by atoms with E-state index >= 15 is 4.39 Å². The van der Waals surface area contributed by atoms with Gasteiger partial charge in [-0.25, -0.2) is 14.4 Å². The number of nitrogens with two attached hydrogens (primary N) is 1. The lowest BCUT2D eigenvalue weighted by Crippen LogP contribution is -2.39. The number of anilines is 1. The summed E-state index contributed by atoms with van der Waals surface area (Å²) in [5.74, 6) is -0.637. The number of imidazole rings is 1. The van der Waals surface area contributed by atoms with Gasteiger partial charge in [-0.2, -0.15) is 0 Å². The second kappa shape index (κ2) is 9.52. The van der Waals surface area contributed by atoms with Gasteiger partial charge in [-0.05, 0) is 32.8 Å². The SMILES string of the molecule is CC(C)Oc1c(C(C)c2ncc3c(N)nccn23)cc(Cl)c(F)c1C(=O)NC1CCOCC1. The molecule has 3 heterocycles. The zero-order valence-corrected chi connectivity index (χ0v) is 19.5. The van der Waals surface area contributed by atoms with Gasteiger partial charge < -0.3 is 20.5 Å². The normalized spacial score (nSPS) is 15.7. The summed E-state index contributed by atoms with van der Waals surface area (Å²) in [6, 6.07) is 1.39. The number of nitrogen functional groups attached to an aromatic ring is 1. The summed E-state index contributed by atoms with van der Waals surface area (Å²) >= 11 is 6.28. The molecule has 1 atom stereocenters. The summed E-state index contributed by atoms with van der Waals surface area (Å²) in [7, 11) is 0. The average Bonchev–Trinajstić information content (AvgIpc) is 3.21. The molecule has 0 aliphatic carbocycles. The van der Waals surface area contributed by atoms with E-state index in [0.29, 0.717) is 48.8 Å². The van der Waals surface area contributed by atoms with Crippen molar-refractivity contribution in [2.75, 3.05) is 18.9 Å². The first-order valence-corrected chi connectivity index (χ1v) is 11.3. The third-order valence-corrected chi connectivity index (χ3v) is 5.98. The minimum atomic E-state index is -0.811. The number of rotatable bonds is 6. The smallest absolute Gasteiger partial charge is 0.258 e. The standard InChI is InChI=1S/C23H27ClFN5O3/c1-12(2)33-20-15(13(3)22-28-11-17-21(26)27-6-7-30(17)22)10-16(24)19(25)18(20)23(31)29-14-4-8-32-9-5-14/h6-7,10-14H,4-5,8-9H2,1-3H3,(H2,26,27)(H,29,31). The molecule has 0 bridgehead atoms. The Morgan fingerprint density at radius 2 is 2.06 bits per heavy atom. The van der Waals surface area contributed by atoms with Crippen LogP contribution in [-0.4, -0.2) is 45.6 Å². The fourth-order valence-corrected chi connectivity index (χ4v) is 4.25. The average molecular weight is 476 g/mol. The van der Waals surface area contributed by atoms with E-state index in [2.05, 4.69) is 15.3 Å². The van der Waals surface area contributed by atoms with Gasteiger partial charge in [0.15, 0.2) is 5.82 Å². The van der Waals surface area contributed by atoms with E-state index in [1.165, 1.54) is 6.07 Å². The highest BCUT2D eigenvalue weighted by atomic mass is 35.5. The summed E-state index contributed by atoms with van der Waals surface area (Å²) in [6.45, 7) is 6.62. The molecule has 4 rings (SSSR count). The van der Waals surface area contributed by atoms with Gasteiger partial charge in [0, 0.05) is 43.1 Å². The zero-order valence-electron chi connectivity index (χ0n) is 18.8. The lowest BCUT2D eigenvalue weighted by molar-refractivity contribution is 0.0692. The van der Waals surface area contributed by atoms with Gasteiger partial charge in [-0.1, -0.05) is 18.5 Å². The van der Waals surface area contributed by atoms with Gasteiger partial charge in [0.2, 0.25) is 0 Å². The monoisotopic (exact) mass is 475 g/mol. The molecule has 10 heteroatoms. The highest BCUT2D eigenvalue weighted by Gasteiger charge is 2.30. The summed E-state index contributed by atoms with van der Waals surface area (Å²) in [4.78, 5) is 21.8. The van der Waals surface area contributed by atoms with Crippen molar-refractivity contribution in [2.24, 2.45) is 0 Å². The van der Waals surface area contributed by atoms with Gasteiger partial charge in [0.05, 0.1) is 17.3 Å². The van der Waals surface area contributed by atoms with Crippen molar-refractivity contribution in [1.82, 2.24) is 19.7 Å². The summed E-state index contributed by atoms with van der Waals surface area (Å²) < 4.78 is 28.4. The minimum absolute atomic E-state index is 0.107. The number of hydrogen-bond acceptors (Lipinski definition) is 6. The first-order chi connectivity index (χ1) is 15.8. The summed E-state index contributed by atoms with van der Waals surface area (Å²) in [5, 5.41) is 2.75. The van der Waals surface area contributed by atoms with Gasteiger partial charge in [0.25, 0.3) is 5.91 Å². The van der Waals surface area contributed by atoms with Crippen molar-refractivity contribution in [3.63, 3.8) is 0 Å². The Bertz CT molecular complexity index is 1180. The molecular weight excluding hydrogens is 449 g/mol. The third-order valence-electron chi connectivity index (χ3n) is 5.71. The van der Waals surface area contributed by atoms with E-state index in [9.17, 15) is 4.79 Å². The van der Waals surface area contributed by atoms with Crippen LogP contribution in [0.15, 0.2) is 24.7 Å². The van der Waals surface area contributed by atoms with Crippen LogP contribution >= 0.6 is 11.6 Å². The minimum Gasteiger partial charge on any atom is -0.490 e. The number of amides is 1. The number of carbonyl (C=O) groups excluding carboxylic acids is 1. The van der Waals surface area contributed by atoms with Crippen LogP contribution in [0.3, 0.4) is 0 Å². The maximum Gasteiger partial charge on any atom is 0.258 e. The maximum absolute atomic E-state index is 15.3. The van der Waals surface area contributed by atoms with E-state index < -0.39 is 17.6 Å². The molecule has 3 N–H and O–H groups in total. The van der Waals surface area contributed by atoms with Crippen LogP contribution < -0.4 is 15.8 Å². The lowest BCUT2D eigenvalue weighted by atomic mass is 9.95. The largest absolute Gasteiger partial charge is 0.490 e. The van der Waals surface area contributed by atoms with Crippen molar-refractivity contribution in [1.29, 1.82) is 0 Å². The van der Waals surface area contributed by atoms with E-state index in [4.69, 9.17) is 26.8 Å². The number of ether oxygens (including phenoxy) is 2. The van der Waals surface area contributed by atoms with Crippen LogP contribution in [0.4, 0.5) is 10.2 Å². The Morgan fingerprint density at radius 1 is 1.33 bits per heavy atom. The zero-order chi connectivity index (χ0) is 23.7. The predicted octanol–water partition coefficient (Wildman–Crippen LogP) is 3.95. The van der Waals surface area contributed by atoms with Crippen molar-refractivity contribution in [3.8, 4) is 5.75 Å². The first kappa shape index (κ1) is 23.3. The van der Waals surface area contributed by atoms with Crippen molar-refractivity contribution >= 4 is 28.8 Å². The molecule has 33 heavy (non-hydrogen) atoms. The molecule has 1 aromatic carbocycles. The topological polar surface area (TPSA) is 104 Å². The van der Waals surface area contributed by atoms with E-state index in [1.54, 1.807) is 18.6 Å². The number of hydrogen-bond donors (Lipinski definition) is 2. The summed E-state index contributed by atoms with van der Waals surface area (Å²) in [6.07, 6.45) is 5.97. The van der Waals surface area contributed by atoms with Gasteiger partial charge >= 0.3 is 0 Å². The molecule has 1 unspecified atom stereocenters. The molecule has 1 amide bonds. The number of carbonyl (C=O) groups is 1. The predicted molar refractivity (Wildman–Crippen MR) is 123 cm³/mol. The molecule has 1 fully saturated rings. The number of aromatic nitrogens is 3. The molecule has 1 aliphatic rings. The van der Waals surface area contributed by atoms with Crippen molar-refractivity contribution < 1.29 is 18.7 Å². The Morgan fingerprint density at radius 3 is 2.76 bits per heavy atom. The Labute approximate surface area is 196 Å². The molecule has 3 aromatic rings. The molecule has 2 aromatic heterocycles. The van der Waals surface area contributed by atoms with Gasteiger partial charge in [-0.15, -0.1) is 0 Å². The van der Waals surface area contributed by atoms with Crippen molar-refractivity contribution in [3.05, 3.63) is 52.4 Å². The molecule has 8 nitrogen and oxygen atoms in total. The van der Waals surface area contributed by atoms with Crippen LogP contribution in [0, 0.1) is 5.82 Å². The quantitative estimate of drug-likeness (QED) is 0.559. The van der Waals surface area contributed by atoms with E-state index in [0.717, 1.165) is 0 Å². The summed E-state index contributed by atoms with van der Waals surface area (Å²) in [5.41, 5.74) is 6.97. The highest BCUT2D eigenvalue weighted by Crippen LogP contribution is 2.39. The molecular formula is C23H27ClFN5O3. The number of benzene rings is 1. The maximum atomic E-state index is 15.3. The van der Waals surface area contributed by atoms with Crippen LogP contribution in [0.25, 0.3) is 5.52 Å². The molecule has 0 radical (unpaired) electrons. The van der Waals surface area contributed by atoms with Crippen LogP contribution in [0.2, 0.25) is 5.02 Å². The Balaban J connectivity index is 1.81. The number of halogens is 2. The fraction of sp³-hybridized carbons (Fsp3) is 0.435. The Hall–Kier alpha value is -2.91. The van der Waals surface area contributed by atoms with Crippen LogP contribution in [-0.2, 0) is 4.74 Å². The second-order valence-corrected chi connectivity index (χ2v) is 8.81. The Kier molecular flexibility index (Phi) is 6.71. The van der Waals surface area contributed by atoms with Crippen molar-refractivity contribution in [2.45, 2.75) is 51.7 Å². The first-order valence-electron chi connectivity index (χ1n) is 10.9. The van der Waals surface area contributed by atoms with E-state index in [-0.39, 0.29) is 28.5 Å². The molecule has 0 saturated carbocycles. The molecule has 1 aliphatic heterocycles. The van der Waals surface area contributed by atoms with E-state index in [1.807, 2.05) is 25.2 Å². The lowest BCUT2D eigenvalue weighted by Gasteiger charge is -2.26. The number of fused-ring (bicyclic) bond motifs is 1. The molecule has 1 saturated heterocycles. The molecule has 0 spiro atoms. The highest BCUT2D eigenvalue weighted by molar-refractivity contribution is 6.31. The second-order valence-electron chi connectivity index (χ2n) is 8.40. The van der Waals surface area contributed by atoms with Gasteiger partial charge in [-0.3, -0.25) is 9.20 Å². The number of nitrogens with one attached hydrogen (secondary N) is 1. The van der Waals surface area contributed by atoms with Gasteiger partial charge in [0.1, 0.15) is 28.5 Å².